The van der Waals surface area contributed by atoms with E-state index in [1.807, 2.05) is 31.2 Å². The SMILES string of the molecule is Cc1ccccc1-c1ccc(S(C)(=O)=O)cc1N. The molecule has 2 aromatic rings. The lowest BCUT2D eigenvalue weighted by molar-refractivity contribution is 0.602. The smallest absolute Gasteiger partial charge is 0.175 e. The van der Waals surface area contributed by atoms with Gasteiger partial charge in [0.15, 0.2) is 9.84 Å². The summed E-state index contributed by atoms with van der Waals surface area (Å²) in [6.07, 6.45) is 1.18. The molecule has 0 aromatic heterocycles. The van der Waals surface area contributed by atoms with Crippen molar-refractivity contribution in [2.75, 3.05) is 12.0 Å². The molecule has 0 spiro atoms. The minimum absolute atomic E-state index is 0.248. The van der Waals surface area contributed by atoms with E-state index in [2.05, 4.69) is 0 Å². The van der Waals surface area contributed by atoms with Crippen molar-refractivity contribution in [2.24, 2.45) is 0 Å². The Labute approximate surface area is 107 Å². The van der Waals surface area contributed by atoms with E-state index in [-0.39, 0.29) is 4.90 Å². The van der Waals surface area contributed by atoms with E-state index < -0.39 is 9.84 Å². The van der Waals surface area contributed by atoms with Crippen LogP contribution in [-0.2, 0) is 9.84 Å². The summed E-state index contributed by atoms with van der Waals surface area (Å²) in [6.45, 7) is 2.00. The van der Waals surface area contributed by atoms with Crippen LogP contribution in [0.3, 0.4) is 0 Å². The van der Waals surface area contributed by atoms with Gasteiger partial charge in [-0.2, -0.15) is 0 Å². The van der Waals surface area contributed by atoms with Gasteiger partial charge in [0.2, 0.25) is 0 Å². The number of aryl methyl sites for hydroxylation is 1. The number of nitrogen functional groups attached to an aromatic ring is 1. The number of sulfone groups is 1. The number of benzene rings is 2. The van der Waals surface area contributed by atoms with Gasteiger partial charge in [-0.25, -0.2) is 8.42 Å². The molecule has 0 aliphatic rings. The van der Waals surface area contributed by atoms with Crippen molar-refractivity contribution in [1.82, 2.24) is 0 Å². The maximum Gasteiger partial charge on any atom is 0.175 e. The van der Waals surface area contributed by atoms with Crippen LogP contribution in [0, 0.1) is 6.92 Å². The highest BCUT2D eigenvalue weighted by atomic mass is 32.2. The van der Waals surface area contributed by atoms with E-state index in [1.165, 1.54) is 12.3 Å². The molecule has 0 aliphatic heterocycles. The topological polar surface area (TPSA) is 60.2 Å². The fraction of sp³-hybridized carbons (Fsp3) is 0.143. The molecule has 4 heteroatoms. The normalized spacial score (nSPS) is 11.4. The van der Waals surface area contributed by atoms with Crippen LogP contribution >= 0.6 is 0 Å². The lowest BCUT2D eigenvalue weighted by atomic mass is 9.99. The molecular formula is C14H15NO2S. The molecule has 0 radical (unpaired) electrons. The molecule has 0 aliphatic carbocycles. The van der Waals surface area contributed by atoms with Crippen LogP contribution < -0.4 is 5.73 Å². The summed E-state index contributed by atoms with van der Waals surface area (Å²) < 4.78 is 22.9. The average molecular weight is 261 g/mol. The highest BCUT2D eigenvalue weighted by molar-refractivity contribution is 7.90. The first-order chi connectivity index (χ1) is 8.39. The first-order valence-corrected chi connectivity index (χ1v) is 7.44. The number of anilines is 1. The van der Waals surface area contributed by atoms with Crippen molar-refractivity contribution in [3.8, 4) is 11.1 Å². The minimum atomic E-state index is -3.21. The molecule has 0 atom stereocenters. The summed E-state index contributed by atoms with van der Waals surface area (Å²) in [5, 5.41) is 0. The Morgan fingerprint density at radius 2 is 1.67 bits per heavy atom. The zero-order chi connectivity index (χ0) is 13.3. The van der Waals surface area contributed by atoms with Gasteiger partial charge in [-0.15, -0.1) is 0 Å². The minimum Gasteiger partial charge on any atom is -0.398 e. The van der Waals surface area contributed by atoms with Crippen LogP contribution in [0.2, 0.25) is 0 Å². The fourth-order valence-electron chi connectivity index (χ4n) is 1.89. The van der Waals surface area contributed by atoms with E-state index in [0.717, 1.165) is 16.7 Å². The van der Waals surface area contributed by atoms with Crippen LogP contribution in [0.5, 0.6) is 0 Å². The van der Waals surface area contributed by atoms with E-state index >= 15 is 0 Å². The van der Waals surface area contributed by atoms with Gasteiger partial charge in [-0.1, -0.05) is 30.3 Å². The van der Waals surface area contributed by atoms with Crippen molar-refractivity contribution in [1.29, 1.82) is 0 Å². The molecule has 3 nitrogen and oxygen atoms in total. The summed E-state index contributed by atoms with van der Waals surface area (Å²) in [6, 6.07) is 12.7. The third-order valence-corrected chi connectivity index (χ3v) is 4.00. The molecule has 2 aromatic carbocycles. The number of nitrogens with two attached hydrogens (primary N) is 1. The lowest BCUT2D eigenvalue weighted by Crippen LogP contribution is -2.00. The maximum atomic E-state index is 11.4. The lowest BCUT2D eigenvalue weighted by Gasteiger charge is -2.10. The Kier molecular flexibility index (Phi) is 3.13. The van der Waals surface area contributed by atoms with Crippen molar-refractivity contribution in [3.63, 3.8) is 0 Å². The Morgan fingerprint density at radius 1 is 1.00 bits per heavy atom. The molecule has 0 saturated heterocycles. The number of hydrogen-bond acceptors (Lipinski definition) is 3. The second-order valence-electron chi connectivity index (χ2n) is 4.34. The molecule has 0 bridgehead atoms. The zero-order valence-corrected chi connectivity index (χ0v) is 11.2. The molecular weight excluding hydrogens is 246 g/mol. The summed E-state index contributed by atoms with van der Waals surface area (Å²) in [7, 11) is -3.21. The monoisotopic (exact) mass is 261 g/mol. The average Bonchev–Trinajstić information content (AvgIpc) is 2.29. The highest BCUT2D eigenvalue weighted by Gasteiger charge is 2.11. The molecule has 0 saturated carbocycles. The van der Waals surface area contributed by atoms with Crippen LogP contribution in [0.15, 0.2) is 47.4 Å². The summed E-state index contributed by atoms with van der Waals surface area (Å²) in [4.78, 5) is 0.248. The van der Waals surface area contributed by atoms with Crippen molar-refractivity contribution in [3.05, 3.63) is 48.0 Å². The van der Waals surface area contributed by atoms with Crippen LogP contribution in [0.4, 0.5) is 5.69 Å². The molecule has 2 rings (SSSR count). The maximum absolute atomic E-state index is 11.4. The van der Waals surface area contributed by atoms with Gasteiger partial charge >= 0.3 is 0 Å². The van der Waals surface area contributed by atoms with Gasteiger partial charge in [0.1, 0.15) is 0 Å². The van der Waals surface area contributed by atoms with E-state index in [9.17, 15) is 8.42 Å². The van der Waals surface area contributed by atoms with E-state index in [1.54, 1.807) is 12.1 Å². The Bertz CT molecular complexity index is 691. The first kappa shape index (κ1) is 12.6. The van der Waals surface area contributed by atoms with Crippen molar-refractivity contribution < 1.29 is 8.42 Å². The summed E-state index contributed by atoms with van der Waals surface area (Å²) in [5.41, 5.74) is 9.43. The van der Waals surface area contributed by atoms with E-state index in [0.29, 0.717) is 5.69 Å². The molecule has 0 heterocycles. The van der Waals surface area contributed by atoms with Gasteiger partial charge in [-0.05, 0) is 30.2 Å². The Morgan fingerprint density at radius 3 is 2.22 bits per heavy atom. The second-order valence-corrected chi connectivity index (χ2v) is 6.35. The van der Waals surface area contributed by atoms with Gasteiger partial charge < -0.3 is 5.73 Å². The largest absolute Gasteiger partial charge is 0.398 e. The van der Waals surface area contributed by atoms with Crippen LogP contribution in [-0.4, -0.2) is 14.7 Å². The van der Waals surface area contributed by atoms with Crippen LogP contribution in [0.25, 0.3) is 11.1 Å². The number of rotatable bonds is 2. The van der Waals surface area contributed by atoms with E-state index in [4.69, 9.17) is 5.73 Å². The predicted octanol–water partition coefficient (Wildman–Crippen LogP) is 2.65. The van der Waals surface area contributed by atoms with Crippen LogP contribution in [0.1, 0.15) is 5.56 Å². The van der Waals surface area contributed by atoms with Gasteiger partial charge in [0.05, 0.1) is 4.90 Å². The third kappa shape index (κ3) is 2.38. The summed E-state index contributed by atoms with van der Waals surface area (Å²) in [5.74, 6) is 0. The first-order valence-electron chi connectivity index (χ1n) is 5.55. The van der Waals surface area contributed by atoms with Gasteiger partial charge in [-0.3, -0.25) is 0 Å². The Hall–Kier alpha value is -1.81. The van der Waals surface area contributed by atoms with Gasteiger partial charge in [0.25, 0.3) is 0 Å². The molecule has 0 unspecified atom stereocenters. The quantitative estimate of drug-likeness (QED) is 0.845. The molecule has 0 amide bonds. The fourth-order valence-corrected chi connectivity index (χ4v) is 2.55. The van der Waals surface area contributed by atoms with Crippen molar-refractivity contribution in [2.45, 2.75) is 11.8 Å². The molecule has 18 heavy (non-hydrogen) atoms. The number of hydrogen-bond donors (Lipinski definition) is 1. The van der Waals surface area contributed by atoms with Crippen molar-refractivity contribution >= 4 is 15.5 Å². The predicted molar refractivity (Wildman–Crippen MR) is 74.1 cm³/mol. The molecule has 94 valence electrons. The molecule has 2 N–H and O–H groups in total. The van der Waals surface area contributed by atoms with Gasteiger partial charge in [0, 0.05) is 17.5 Å². The second kappa shape index (κ2) is 4.46. The summed E-state index contributed by atoms with van der Waals surface area (Å²) >= 11 is 0. The molecule has 0 fully saturated rings. The standard InChI is InChI=1S/C14H15NO2S/c1-10-5-3-4-6-12(10)13-8-7-11(9-14(13)15)18(2,16)17/h3-9H,15H2,1-2H3. The zero-order valence-electron chi connectivity index (χ0n) is 10.3. The third-order valence-electron chi connectivity index (χ3n) is 2.89. The Balaban J connectivity index is 2.59. The highest BCUT2D eigenvalue weighted by Crippen LogP contribution is 2.30.